The summed E-state index contributed by atoms with van der Waals surface area (Å²) in [7, 11) is 0. The molecule has 0 heterocycles. The molecule has 0 N–H and O–H groups in total. The number of hydrogen-bond donors (Lipinski definition) is 0. The van der Waals surface area contributed by atoms with Crippen LogP contribution in [0.5, 0.6) is 0 Å². The molecule has 0 aromatic heterocycles. The van der Waals surface area contributed by atoms with E-state index in [1.165, 1.54) is 6.42 Å². The van der Waals surface area contributed by atoms with Crippen molar-refractivity contribution in [3.05, 3.63) is 0 Å². The highest BCUT2D eigenvalue weighted by atomic mass is 14.6. The van der Waals surface area contributed by atoms with Crippen LogP contribution in [0.4, 0.5) is 0 Å². The molecule has 0 aromatic rings. The first-order valence-electron chi connectivity index (χ1n) is 4.33. The summed E-state index contributed by atoms with van der Waals surface area (Å²) in [6, 6.07) is 0. The maximum atomic E-state index is 2.42. The van der Waals surface area contributed by atoms with Gasteiger partial charge in [-0.1, -0.05) is 20.3 Å². The van der Waals surface area contributed by atoms with E-state index in [4.69, 9.17) is 0 Å². The molecule has 0 saturated heterocycles. The molecule has 0 aromatic carbocycles. The van der Waals surface area contributed by atoms with E-state index < -0.39 is 0 Å². The van der Waals surface area contributed by atoms with Crippen molar-refractivity contribution in [2.24, 2.45) is 23.7 Å². The van der Waals surface area contributed by atoms with Gasteiger partial charge in [-0.3, -0.25) is 0 Å². The lowest BCUT2D eigenvalue weighted by Gasteiger charge is -2.07. The summed E-state index contributed by atoms with van der Waals surface area (Å²) in [6.45, 7) is 4.75. The first-order chi connectivity index (χ1) is 4.33. The molecule has 2 fully saturated rings. The molecule has 9 heavy (non-hydrogen) atoms. The van der Waals surface area contributed by atoms with E-state index in [0.29, 0.717) is 0 Å². The van der Waals surface area contributed by atoms with Gasteiger partial charge in [0.05, 0.1) is 0 Å². The van der Waals surface area contributed by atoms with Crippen molar-refractivity contribution in [1.82, 2.24) is 0 Å². The maximum absolute atomic E-state index is 2.42. The van der Waals surface area contributed by atoms with Crippen LogP contribution >= 0.6 is 0 Å². The topological polar surface area (TPSA) is 0 Å². The summed E-state index contributed by atoms with van der Waals surface area (Å²) < 4.78 is 0. The van der Waals surface area contributed by atoms with Crippen molar-refractivity contribution in [2.75, 3.05) is 0 Å². The molecule has 2 atom stereocenters. The van der Waals surface area contributed by atoms with E-state index in [1.54, 1.807) is 12.8 Å². The van der Waals surface area contributed by atoms with Crippen molar-refractivity contribution < 1.29 is 0 Å². The van der Waals surface area contributed by atoms with Crippen molar-refractivity contribution in [2.45, 2.75) is 33.1 Å². The Hall–Kier alpha value is 0. The van der Waals surface area contributed by atoms with Gasteiger partial charge in [-0.05, 0) is 36.5 Å². The second kappa shape index (κ2) is 1.74. The monoisotopic (exact) mass is 124 g/mol. The molecule has 0 bridgehead atoms. The van der Waals surface area contributed by atoms with Gasteiger partial charge in [-0.2, -0.15) is 0 Å². The molecule has 2 aliphatic carbocycles. The van der Waals surface area contributed by atoms with Gasteiger partial charge in [-0.25, -0.2) is 0 Å². The quantitative estimate of drug-likeness (QED) is 0.504. The Morgan fingerprint density at radius 2 is 1.78 bits per heavy atom. The second-order valence-corrected chi connectivity index (χ2v) is 3.93. The zero-order valence-electron chi connectivity index (χ0n) is 6.43. The Balaban J connectivity index is 1.89. The predicted molar refractivity (Wildman–Crippen MR) is 39.2 cm³/mol. The van der Waals surface area contributed by atoms with Gasteiger partial charge in [-0.15, -0.1) is 0 Å². The van der Waals surface area contributed by atoms with E-state index in [9.17, 15) is 0 Å². The molecule has 0 spiro atoms. The fraction of sp³-hybridized carbons (Fsp3) is 1.00. The minimum Gasteiger partial charge on any atom is -0.0651 e. The van der Waals surface area contributed by atoms with Crippen LogP contribution in [-0.4, -0.2) is 0 Å². The van der Waals surface area contributed by atoms with E-state index in [-0.39, 0.29) is 0 Å². The number of rotatable bonds is 1. The minimum absolute atomic E-state index is 1.10. The summed E-state index contributed by atoms with van der Waals surface area (Å²) >= 11 is 0. The highest BCUT2D eigenvalue weighted by molar-refractivity contribution is 5.01. The average Bonchev–Trinajstić information content (AvgIpc) is 2.32. The Bertz CT molecular complexity index is 105. The van der Waals surface area contributed by atoms with Gasteiger partial charge in [0.25, 0.3) is 0 Å². The third kappa shape index (κ3) is 0.720. The third-order valence-electron chi connectivity index (χ3n) is 3.55. The van der Waals surface area contributed by atoms with Crippen LogP contribution in [-0.2, 0) is 0 Å². The first kappa shape index (κ1) is 5.76. The average molecular weight is 124 g/mol. The van der Waals surface area contributed by atoms with Gasteiger partial charge >= 0.3 is 0 Å². The molecule has 52 valence electrons. The van der Waals surface area contributed by atoms with Crippen LogP contribution in [0.2, 0.25) is 0 Å². The van der Waals surface area contributed by atoms with E-state index in [2.05, 4.69) is 13.8 Å². The van der Waals surface area contributed by atoms with Crippen molar-refractivity contribution >= 4 is 0 Å². The van der Waals surface area contributed by atoms with Crippen LogP contribution in [0, 0.1) is 23.7 Å². The molecular formula is C9H16. The lowest BCUT2D eigenvalue weighted by Crippen LogP contribution is -1.96. The van der Waals surface area contributed by atoms with Gasteiger partial charge < -0.3 is 0 Å². The normalized spacial score (nSPS) is 55.3. The maximum Gasteiger partial charge on any atom is -0.0352 e. The Morgan fingerprint density at radius 3 is 2.22 bits per heavy atom. The molecule has 2 unspecified atom stereocenters. The van der Waals surface area contributed by atoms with Crippen LogP contribution in [0.15, 0.2) is 0 Å². The molecule has 2 aliphatic rings. The van der Waals surface area contributed by atoms with E-state index in [1.807, 2.05) is 0 Å². The van der Waals surface area contributed by atoms with Crippen molar-refractivity contribution in [3.8, 4) is 0 Å². The summed E-state index contributed by atoms with van der Waals surface area (Å²) in [6.07, 6.45) is 4.55. The molecule has 0 nitrogen and oxygen atoms in total. The van der Waals surface area contributed by atoms with E-state index in [0.717, 1.165) is 23.7 Å². The Kier molecular flexibility index (Phi) is 1.12. The molecule has 0 radical (unpaired) electrons. The zero-order valence-corrected chi connectivity index (χ0v) is 6.43. The minimum atomic E-state index is 1.10. The SMILES string of the molecule is CCC1CC2C(C)C2C1. The molecule has 0 heteroatoms. The summed E-state index contributed by atoms with van der Waals surface area (Å²) in [5.41, 5.74) is 0. The molecule has 2 rings (SSSR count). The van der Waals surface area contributed by atoms with Gasteiger partial charge in [0.1, 0.15) is 0 Å². The highest BCUT2D eigenvalue weighted by Gasteiger charge is 2.52. The van der Waals surface area contributed by atoms with E-state index >= 15 is 0 Å². The van der Waals surface area contributed by atoms with Crippen LogP contribution in [0.1, 0.15) is 33.1 Å². The number of fused-ring (bicyclic) bond motifs is 1. The van der Waals surface area contributed by atoms with Gasteiger partial charge in [0.15, 0.2) is 0 Å². The Morgan fingerprint density at radius 1 is 1.22 bits per heavy atom. The fourth-order valence-corrected chi connectivity index (χ4v) is 2.61. The van der Waals surface area contributed by atoms with Crippen LogP contribution in [0.3, 0.4) is 0 Å². The summed E-state index contributed by atoms with van der Waals surface area (Å²) in [5.74, 6) is 4.54. The van der Waals surface area contributed by atoms with Gasteiger partial charge in [0.2, 0.25) is 0 Å². The lowest BCUT2D eigenvalue weighted by molar-refractivity contribution is 0.439. The first-order valence-corrected chi connectivity index (χ1v) is 4.33. The Labute approximate surface area is 57.6 Å². The van der Waals surface area contributed by atoms with Crippen molar-refractivity contribution in [1.29, 1.82) is 0 Å². The largest absolute Gasteiger partial charge is 0.0651 e. The fourth-order valence-electron chi connectivity index (χ4n) is 2.61. The number of hydrogen-bond acceptors (Lipinski definition) is 0. The van der Waals surface area contributed by atoms with Crippen molar-refractivity contribution in [3.63, 3.8) is 0 Å². The summed E-state index contributed by atoms with van der Waals surface area (Å²) in [5, 5.41) is 0. The van der Waals surface area contributed by atoms with Gasteiger partial charge in [0, 0.05) is 0 Å². The predicted octanol–water partition coefficient (Wildman–Crippen LogP) is 2.69. The summed E-state index contributed by atoms with van der Waals surface area (Å²) in [4.78, 5) is 0. The molecule has 0 aliphatic heterocycles. The highest BCUT2D eigenvalue weighted by Crippen LogP contribution is 2.59. The molecule has 2 saturated carbocycles. The standard InChI is InChI=1S/C9H16/c1-3-7-4-8-6(2)9(8)5-7/h6-9H,3-5H2,1-2H3. The van der Waals surface area contributed by atoms with Crippen LogP contribution < -0.4 is 0 Å². The lowest BCUT2D eigenvalue weighted by atomic mass is 9.98. The zero-order chi connectivity index (χ0) is 6.43. The smallest absolute Gasteiger partial charge is 0.0352 e. The third-order valence-corrected chi connectivity index (χ3v) is 3.55. The molecule has 0 amide bonds. The van der Waals surface area contributed by atoms with Crippen LogP contribution in [0.25, 0.3) is 0 Å². The molecular weight excluding hydrogens is 108 g/mol. The second-order valence-electron chi connectivity index (χ2n) is 3.93.